The molecule has 0 unspecified atom stereocenters. The zero-order chi connectivity index (χ0) is 19.7. The number of carboxylic acid groups (broad SMARTS) is 1. The lowest BCUT2D eigenvalue weighted by Crippen LogP contribution is -2.04. The second-order valence-electron chi connectivity index (χ2n) is 7.23. The number of aliphatic carboxylic acids is 1. The van der Waals surface area contributed by atoms with Crippen LogP contribution in [0.5, 0.6) is 5.75 Å². The molecular weight excluding hydrogens is 340 g/mol. The van der Waals surface area contributed by atoms with E-state index in [9.17, 15) is 4.79 Å². The van der Waals surface area contributed by atoms with E-state index in [-0.39, 0.29) is 6.42 Å². The molecule has 1 heterocycles. The Morgan fingerprint density at radius 1 is 1.04 bits per heavy atom. The van der Waals surface area contributed by atoms with Crippen LogP contribution in [-0.2, 0) is 17.8 Å². The molecule has 142 valence electrons. The quantitative estimate of drug-likeness (QED) is 0.619. The number of rotatable bonds is 6. The Morgan fingerprint density at radius 2 is 1.78 bits per heavy atom. The number of carboxylic acids is 1. The lowest BCUT2D eigenvalue weighted by molar-refractivity contribution is -0.136. The first-order chi connectivity index (χ1) is 12.8. The van der Waals surface area contributed by atoms with Crippen molar-refractivity contribution in [1.82, 2.24) is 0 Å². The third kappa shape index (κ3) is 3.85. The van der Waals surface area contributed by atoms with Crippen LogP contribution in [0.4, 0.5) is 0 Å². The summed E-state index contributed by atoms with van der Waals surface area (Å²) in [6.45, 7) is 10.6. The fourth-order valence-electron chi connectivity index (χ4n) is 3.47. The van der Waals surface area contributed by atoms with Crippen LogP contribution in [0.1, 0.15) is 45.6 Å². The number of furan rings is 1. The smallest absolute Gasteiger partial charge is 0.303 e. The summed E-state index contributed by atoms with van der Waals surface area (Å²) in [4.78, 5) is 10.8. The predicted molar refractivity (Wildman–Crippen MR) is 107 cm³/mol. The van der Waals surface area contributed by atoms with Gasteiger partial charge in [0.25, 0.3) is 0 Å². The Morgan fingerprint density at radius 3 is 2.48 bits per heavy atom. The maximum Gasteiger partial charge on any atom is 0.303 e. The summed E-state index contributed by atoms with van der Waals surface area (Å²) in [6.07, 6.45) is 0.671. The van der Waals surface area contributed by atoms with Crippen LogP contribution in [0, 0.1) is 34.6 Å². The summed E-state index contributed by atoms with van der Waals surface area (Å²) in [5.41, 5.74) is 7.57. The number of ether oxygens (including phenoxy) is 1. The van der Waals surface area contributed by atoms with Gasteiger partial charge in [-0.1, -0.05) is 6.07 Å². The molecule has 0 bridgehead atoms. The van der Waals surface area contributed by atoms with E-state index in [1.165, 1.54) is 11.1 Å². The standard InChI is InChI=1S/C23H26O4/c1-13-10-19-11-14(2)27-23(19)20(15(13)3)12-26-21-8-6-18(7-9-22(24)25)16(4)17(21)5/h6,8,10-11H,7,9,12H2,1-5H3,(H,24,25). The Labute approximate surface area is 159 Å². The molecule has 0 atom stereocenters. The fraction of sp³-hybridized carbons (Fsp3) is 0.348. The van der Waals surface area contributed by atoms with E-state index < -0.39 is 5.97 Å². The lowest BCUT2D eigenvalue weighted by Gasteiger charge is -2.16. The van der Waals surface area contributed by atoms with Gasteiger partial charge in [0.15, 0.2) is 0 Å². The van der Waals surface area contributed by atoms with Crippen molar-refractivity contribution < 1.29 is 19.1 Å². The molecule has 1 aromatic heterocycles. The van der Waals surface area contributed by atoms with Gasteiger partial charge in [0.1, 0.15) is 23.7 Å². The summed E-state index contributed by atoms with van der Waals surface area (Å²) >= 11 is 0. The van der Waals surface area contributed by atoms with Crippen LogP contribution < -0.4 is 4.74 Å². The minimum atomic E-state index is -0.778. The number of benzene rings is 2. The molecule has 0 fully saturated rings. The molecule has 0 aliphatic rings. The van der Waals surface area contributed by atoms with Gasteiger partial charge in [0.05, 0.1) is 0 Å². The van der Waals surface area contributed by atoms with E-state index in [0.29, 0.717) is 13.0 Å². The highest BCUT2D eigenvalue weighted by Gasteiger charge is 2.14. The van der Waals surface area contributed by atoms with Crippen molar-refractivity contribution in [2.24, 2.45) is 0 Å². The van der Waals surface area contributed by atoms with Crippen molar-refractivity contribution in [2.75, 3.05) is 0 Å². The van der Waals surface area contributed by atoms with Crippen molar-refractivity contribution in [3.05, 3.63) is 63.4 Å². The van der Waals surface area contributed by atoms with Gasteiger partial charge in [-0.05, 0) is 87.1 Å². The van der Waals surface area contributed by atoms with E-state index in [4.69, 9.17) is 14.3 Å². The van der Waals surface area contributed by atoms with Crippen molar-refractivity contribution in [3.8, 4) is 5.75 Å². The van der Waals surface area contributed by atoms with Crippen LogP contribution >= 0.6 is 0 Å². The maximum absolute atomic E-state index is 10.8. The molecule has 0 amide bonds. The Hall–Kier alpha value is -2.75. The summed E-state index contributed by atoms with van der Waals surface area (Å²) < 4.78 is 12.1. The number of carbonyl (C=O) groups is 1. The highest BCUT2D eigenvalue weighted by Crippen LogP contribution is 2.31. The fourth-order valence-corrected chi connectivity index (χ4v) is 3.47. The lowest BCUT2D eigenvalue weighted by atomic mass is 9.98. The predicted octanol–water partition coefficient (Wildman–Crippen LogP) is 5.57. The zero-order valence-electron chi connectivity index (χ0n) is 16.6. The summed E-state index contributed by atoms with van der Waals surface area (Å²) in [7, 11) is 0. The Kier molecular flexibility index (Phi) is 5.26. The van der Waals surface area contributed by atoms with Gasteiger partial charge < -0.3 is 14.3 Å². The highest BCUT2D eigenvalue weighted by molar-refractivity contribution is 5.83. The molecule has 0 saturated carbocycles. The molecule has 3 aromatic rings. The number of aryl methyl sites for hydroxylation is 3. The van der Waals surface area contributed by atoms with Crippen LogP contribution in [0.3, 0.4) is 0 Å². The normalized spacial score (nSPS) is 11.1. The van der Waals surface area contributed by atoms with E-state index in [2.05, 4.69) is 26.0 Å². The van der Waals surface area contributed by atoms with Crippen molar-refractivity contribution in [1.29, 1.82) is 0 Å². The largest absolute Gasteiger partial charge is 0.488 e. The van der Waals surface area contributed by atoms with Crippen LogP contribution in [-0.4, -0.2) is 11.1 Å². The van der Waals surface area contributed by atoms with Crippen LogP contribution in [0.2, 0.25) is 0 Å². The maximum atomic E-state index is 10.8. The summed E-state index contributed by atoms with van der Waals surface area (Å²) in [5, 5.41) is 10.0. The third-order valence-corrected chi connectivity index (χ3v) is 5.40. The molecule has 3 rings (SSSR count). The molecule has 27 heavy (non-hydrogen) atoms. The van der Waals surface area contributed by atoms with Crippen LogP contribution in [0.15, 0.2) is 28.7 Å². The second-order valence-corrected chi connectivity index (χ2v) is 7.23. The van der Waals surface area contributed by atoms with Gasteiger partial charge in [-0.2, -0.15) is 0 Å². The first kappa shape index (κ1) is 19.0. The minimum Gasteiger partial charge on any atom is -0.488 e. The molecule has 2 aromatic carbocycles. The average Bonchev–Trinajstić information content (AvgIpc) is 2.97. The molecule has 0 spiro atoms. The van der Waals surface area contributed by atoms with E-state index in [1.54, 1.807) is 0 Å². The van der Waals surface area contributed by atoms with Crippen molar-refractivity contribution in [2.45, 2.75) is 54.1 Å². The zero-order valence-corrected chi connectivity index (χ0v) is 16.6. The van der Waals surface area contributed by atoms with Gasteiger partial charge in [-0.15, -0.1) is 0 Å². The third-order valence-electron chi connectivity index (χ3n) is 5.40. The molecule has 0 saturated heterocycles. The van der Waals surface area contributed by atoms with Crippen molar-refractivity contribution >= 4 is 16.9 Å². The molecule has 0 radical (unpaired) electrons. The molecular formula is C23H26O4. The Bertz CT molecular complexity index is 1010. The topological polar surface area (TPSA) is 59.7 Å². The number of fused-ring (bicyclic) bond motifs is 1. The molecule has 4 heteroatoms. The second kappa shape index (κ2) is 7.47. The highest BCUT2D eigenvalue weighted by atomic mass is 16.5. The van der Waals surface area contributed by atoms with Gasteiger partial charge in [0.2, 0.25) is 0 Å². The Balaban J connectivity index is 1.87. The average molecular weight is 366 g/mol. The SMILES string of the molecule is Cc1cc2cc(C)c(C)c(COc3ccc(CCC(=O)O)c(C)c3C)c2o1. The minimum absolute atomic E-state index is 0.138. The van der Waals surface area contributed by atoms with E-state index in [1.807, 2.05) is 32.9 Å². The van der Waals surface area contributed by atoms with Crippen LogP contribution in [0.25, 0.3) is 11.0 Å². The monoisotopic (exact) mass is 366 g/mol. The first-order valence-electron chi connectivity index (χ1n) is 9.20. The van der Waals surface area contributed by atoms with Gasteiger partial charge in [0, 0.05) is 17.4 Å². The molecule has 1 N–H and O–H groups in total. The van der Waals surface area contributed by atoms with E-state index in [0.717, 1.165) is 44.7 Å². The van der Waals surface area contributed by atoms with E-state index >= 15 is 0 Å². The number of hydrogen-bond donors (Lipinski definition) is 1. The summed E-state index contributed by atoms with van der Waals surface area (Å²) in [5.74, 6) is 0.940. The number of hydrogen-bond acceptors (Lipinski definition) is 3. The van der Waals surface area contributed by atoms with Gasteiger partial charge in [-0.3, -0.25) is 4.79 Å². The van der Waals surface area contributed by atoms with Crippen molar-refractivity contribution in [3.63, 3.8) is 0 Å². The first-order valence-corrected chi connectivity index (χ1v) is 9.20. The molecule has 0 aliphatic carbocycles. The molecule has 0 aliphatic heterocycles. The van der Waals surface area contributed by atoms with Gasteiger partial charge in [-0.25, -0.2) is 0 Å². The molecule has 4 nitrogen and oxygen atoms in total. The van der Waals surface area contributed by atoms with Gasteiger partial charge >= 0.3 is 5.97 Å². The summed E-state index contributed by atoms with van der Waals surface area (Å²) in [6, 6.07) is 8.11.